The van der Waals surface area contributed by atoms with E-state index in [4.69, 9.17) is 16.3 Å². The first kappa shape index (κ1) is 10.8. The van der Waals surface area contributed by atoms with E-state index in [2.05, 4.69) is 5.32 Å². The van der Waals surface area contributed by atoms with Crippen LogP contribution < -0.4 is 5.32 Å². The van der Waals surface area contributed by atoms with Crippen LogP contribution in [0.4, 0.5) is 0 Å². The standard InChI is InChI=1S/C9H10ClNO.ClH/c10-8-4-2-1-3-7(8)9-11-5-6-12-9;/h1-4,9,11H,5-6H2;1H. The van der Waals surface area contributed by atoms with Crippen molar-refractivity contribution in [1.29, 1.82) is 0 Å². The molecule has 4 heteroatoms. The van der Waals surface area contributed by atoms with Gasteiger partial charge < -0.3 is 4.74 Å². The van der Waals surface area contributed by atoms with Crippen LogP contribution in [0.2, 0.25) is 5.02 Å². The van der Waals surface area contributed by atoms with Gasteiger partial charge >= 0.3 is 0 Å². The zero-order chi connectivity index (χ0) is 8.39. The Morgan fingerprint density at radius 3 is 2.77 bits per heavy atom. The molecule has 1 aliphatic heterocycles. The lowest BCUT2D eigenvalue weighted by molar-refractivity contribution is 0.102. The van der Waals surface area contributed by atoms with Crippen LogP contribution in [0.15, 0.2) is 24.3 Å². The maximum Gasteiger partial charge on any atom is 0.135 e. The molecule has 13 heavy (non-hydrogen) atoms. The Morgan fingerprint density at radius 2 is 2.15 bits per heavy atom. The molecule has 1 saturated heterocycles. The van der Waals surface area contributed by atoms with E-state index in [0.717, 1.165) is 23.7 Å². The van der Waals surface area contributed by atoms with Crippen LogP contribution in [0.3, 0.4) is 0 Å². The van der Waals surface area contributed by atoms with E-state index >= 15 is 0 Å². The minimum atomic E-state index is -0.0151. The van der Waals surface area contributed by atoms with Crippen molar-refractivity contribution in [2.24, 2.45) is 0 Å². The Hall–Kier alpha value is -0.280. The van der Waals surface area contributed by atoms with E-state index in [0.29, 0.717) is 0 Å². The monoisotopic (exact) mass is 219 g/mol. The van der Waals surface area contributed by atoms with Gasteiger partial charge in [0.05, 0.1) is 6.61 Å². The van der Waals surface area contributed by atoms with Crippen molar-refractivity contribution in [3.63, 3.8) is 0 Å². The van der Waals surface area contributed by atoms with Gasteiger partial charge in [0.25, 0.3) is 0 Å². The largest absolute Gasteiger partial charge is 0.358 e. The lowest BCUT2D eigenvalue weighted by Crippen LogP contribution is -2.14. The molecule has 1 unspecified atom stereocenters. The summed E-state index contributed by atoms with van der Waals surface area (Å²) in [6.07, 6.45) is -0.0151. The predicted molar refractivity (Wildman–Crippen MR) is 55.4 cm³/mol. The first-order chi connectivity index (χ1) is 5.88. The highest BCUT2D eigenvalue weighted by molar-refractivity contribution is 6.31. The number of rotatable bonds is 1. The summed E-state index contributed by atoms with van der Waals surface area (Å²) in [7, 11) is 0. The maximum atomic E-state index is 5.98. The Bertz CT molecular complexity index is 274. The zero-order valence-electron chi connectivity index (χ0n) is 7.00. The summed E-state index contributed by atoms with van der Waals surface area (Å²) in [5, 5.41) is 3.97. The average molecular weight is 220 g/mol. The minimum Gasteiger partial charge on any atom is -0.358 e. The SMILES string of the molecule is Cl.Clc1ccccc1C1NCCO1. The first-order valence-electron chi connectivity index (χ1n) is 3.97. The lowest BCUT2D eigenvalue weighted by atomic mass is 10.2. The molecule has 2 rings (SSSR count). The second kappa shape index (κ2) is 4.82. The van der Waals surface area contributed by atoms with Crippen LogP contribution in [0, 0.1) is 0 Å². The summed E-state index contributed by atoms with van der Waals surface area (Å²) in [6.45, 7) is 1.66. The van der Waals surface area contributed by atoms with Crippen LogP contribution in [0.5, 0.6) is 0 Å². The van der Waals surface area contributed by atoms with Gasteiger partial charge in [0.1, 0.15) is 6.23 Å². The third-order valence-electron chi connectivity index (χ3n) is 1.90. The molecule has 1 aromatic rings. The van der Waals surface area contributed by atoms with Crippen LogP contribution in [-0.4, -0.2) is 13.2 Å². The molecular formula is C9H11Cl2NO. The van der Waals surface area contributed by atoms with Crippen LogP contribution >= 0.6 is 24.0 Å². The minimum absolute atomic E-state index is 0. The molecule has 1 aliphatic rings. The second-order valence-corrected chi connectivity index (χ2v) is 3.13. The fraction of sp³-hybridized carbons (Fsp3) is 0.333. The van der Waals surface area contributed by atoms with Crippen molar-refractivity contribution < 1.29 is 4.74 Å². The molecule has 1 heterocycles. The van der Waals surface area contributed by atoms with Gasteiger partial charge in [-0.2, -0.15) is 0 Å². The van der Waals surface area contributed by atoms with Gasteiger partial charge in [-0.15, -0.1) is 12.4 Å². The maximum absolute atomic E-state index is 5.98. The number of hydrogen-bond donors (Lipinski definition) is 1. The van der Waals surface area contributed by atoms with E-state index in [-0.39, 0.29) is 18.6 Å². The number of nitrogens with one attached hydrogen (secondary N) is 1. The molecule has 0 saturated carbocycles. The topological polar surface area (TPSA) is 21.3 Å². The molecular weight excluding hydrogens is 209 g/mol. The zero-order valence-corrected chi connectivity index (χ0v) is 8.57. The highest BCUT2D eigenvalue weighted by Gasteiger charge is 2.18. The normalized spacial score (nSPS) is 21.2. The van der Waals surface area contributed by atoms with Crippen LogP contribution in [-0.2, 0) is 4.74 Å². The van der Waals surface area contributed by atoms with Crippen molar-refractivity contribution in [2.45, 2.75) is 6.23 Å². The molecule has 1 N–H and O–H groups in total. The quantitative estimate of drug-likeness (QED) is 0.784. The van der Waals surface area contributed by atoms with E-state index in [1.54, 1.807) is 0 Å². The number of benzene rings is 1. The summed E-state index contributed by atoms with van der Waals surface area (Å²) in [4.78, 5) is 0. The highest BCUT2D eigenvalue weighted by Crippen LogP contribution is 2.24. The van der Waals surface area contributed by atoms with Gasteiger partial charge in [-0.05, 0) is 6.07 Å². The third-order valence-corrected chi connectivity index (χ3v) is 2.25. The molecule has 0 bridgehead atoms. The Labute approximate surface area is 88.6 Å². The molecule has 0 amide bonds. The first-order valence-corrected chi connectivity index (χ1v) is 4.35. The summed E-state index contributed by atoms with van der Waals surface area (Å²) in [5.74, 6) is 0. The van der Waals surface area contributed by atoms with E-state index < -0.39 is 0 Å². The van der Waals surface area contributed by atoms with Crippen molar-refractivity contribution in [1.82, 2.24) is 5.32 Å². The highest BCUT2D eigenvalue weighted by atomic mass is 35.5. The molecule has 0 aliphatic carbocycles. The molecule has 1 fully saturated rings. The second-order valence-electron chi connectivity index (χ2n) is 2.73. The van der Waals surface area contributed by atoms with Crippen molar-refractivity contribution in [3.8, 4) is 0 Å². The molecule has 1 atom stereocenters. The number of ether oxygens (including phenoxy) is 1. The Kier molecular flexibility index (Phi) is 4.00. The lowest BCUT2D eigenvalue weighted by Gasteiger charge is -2.11. The Morgan fingerprint density at radius 1 is 1.38 bits per heavy atom. The fourth-order valence-electron chi connectivity index (χ4n) is 1.31. The molecule has 1 aromatic carbocycles. The Balaban J connectivity index is 0.000000845. The average Bonchev–Trinajstić information content (AvgIpc) is 2.57. The molecule has 72 valence electrons. The van der Waals surface area contributed by atoms with Gasteiger partial charge in [-0.3, -0.25) is 5.32 Å². The molecule has 2 nitrogen and oxygen atoms in total. The number of hydrogen-bond acceptors (Lipinski definition) is 2. The summed E-state index contributed by atoms with van der Waals surface area (Å²) >= 11 is 5.98. The molecule has 0 spiro atoms. The van der Waals surface area contributed by atoms with Crippen molar-refractivity contribution in [3.05, 3.63) is 34.9 Å². The predicted octanol–water partition coefficient (Wildman–Crippen LogP) is 2.38. The summed E-state index contributed by atoms with van der Waals surface area (Å²) in [6, 6.07) is 7.73. The number of halogens is 2. The summed E-state index contributed by atoms with van der Waals surface area (Å²) in [5.41, 5.74) is 1.02. The molecule has 0 aromatic heterocycles. The van der Waals surface area contributed by atoms with Gasteiger partial charge in [0.2, 0.25) is 0 Å². The third kappa shape index (κ3) is 2.35. The van der Waals surface area contributed by atoms with Crippen LogP contribution in [0.1, 0.15) is 11.8 Å². The van der Waals surface area contributed by atoms with Crippen LogP contribution in [0.25, 0.3) is 0 Å². The van der Waals surface area contributed by atoms with E-state index in [1.165, 1.54) is 0 Å². The smallest absolute Gasteiger partial charge is 0.135 e. The van der Waals surface area contributed by atoms with E-state index in [1.807, 2.05) is 24.3 Å². The van der Waals surface area contributed by atoms with Gasteiger partial charge in [0, 0.05) is 17.1 Å². The fourth-order valence-corrected chi connectivity index (χ4v) is 1.55. The van der Waals surface area contributed by atoms with Crippen molar-refractivity contribution in [2.75, 3.05) is 13.2 Å². The van der Waals surface area contributed by atoms with Gasteiger partial charge in [-0.25, -0.2) is 0 Å². The van der Waals surface area contributed by atoms with E-state index in [9.17, 15) is 0 Å². The van der Waals surface area contributed by atoms with Gasteiger partial charge in [-0.1, -0.05) is 29.8 Å². The summed E-state index contributed by atoms with van der Waals surface area (Å²) < 4.78 is 5.42. The van der Waals surface area contributed by atoms with Crippen molar-refractivity contribution >= 4 is 24.0 Å². The molecule has 0 radical (unpaired) electrons. The van der Waals surface area contributed by atoms with Gasteiger partial charge in [0.15, 0.2) is 0 Å².